The van der Waals surface area contributed by atoms with Gasteiger partial charge >= 0.3 is 7.12 Å². The summed E-state index contributed by atoms with van der Waals surface area (Å²) in [5, 5.41) is 7.06. The number of fused-ring (bicyclic) bond motifs is 7. The molecule has 8 rings (SSSR count). The zero-order valence-corrected chi connectivity index (χ0v) is 22.5. The lowest BCUT2D eigenvalue weighted by Gasteiger charge is -2.32. The first-order chi connectivity index (χ1) is 18.8. The third-order valence-corrected chi connectivity index (χ3v) is 8.82. The normalized spacial score (nSPS) is 16.9. The Labute approximate surface area is 226 Å². The van der Waals surface area contributed by atoms with E-state index in [2.05, 4.69) is 117 Å². The summed E-state index contributed by atoms with van der Waals surface area (Å²) in [5.74, 6) is 0. The minimum Gasteiger partial charge on any atom is -0.456 e. The van der Waals surface area contributed by atoms with Crippen molar-refractivity contribution in [3.8, 4) is 5.69 Å². The molecule has 5 aromatic carbocycles. The molecule has 0 N–H and O–H groups in total. The molecule has 0 amide bonds. The van der Waals surface area contributed by atoms with Crippen molar-refractivity contribution in [3.63, 3.8) is 0 Å². The van der Waals surface area contributed by atoms with E-state index in [1.54, 1.807) is 0 Å². The molecular weight excluding hydrogens is 481 g/mol. The number of benzene rings is 5. The minimum absolute atomic E-state index is 0.442. The van der Waals surface area contributed by atoms with Gasteiger partial charge in [-0.1, -0.05) is 66.7 Å². The van der Waals surface area contributed by atoms with Crippen LogP contribution >= 0.6 is 0 Å². The maximum Gasteiger partial charge on any atom is 0.498 e. The number of para-hydroxylation sites is 2. The number of nitrogens with zero attached hydrogens (tertiary/aromatic N) is 1. The second-order valence-corrected chi connectivity index (χ2v) is 11.6. The van der Waals surface area contributed by atoms with Crippen LogP contribution in [0.4, 0.5) is 0 Å². The Balaban J connectivity index is 1.48. The van der Waals surface area contributed by atoms with Crippen molar-refractivity contribution in [2.45, 2.75) is 38.9 Å². The second-order valence-electron chi connectivity index (χ2n) is 11.6. The van der Waals surface area contributed by atoms with E-state index in [-0.39, 0.29) is 0 Å². The lowest BCUT2D eigenvalue weighted by molar-refractivity contribution is 0.00578. The van der Waals surface area contributed by atoms with Crippen LogP contribution in [0.2, 0.25) is 0 Å². The maximum absolute atomic E-state index is 6.59. The van der Waals surface area contributed by atoms with Crippen LogP contribution in [0.3, 0.4) is 0 Å². The van der Waals surface area contributed by atoms with Crippen molar-refractivity contribution in [2.24, 2.45) is 0 Å². The van der Waals surface area contributed by atoms with Crippen molar-refractivity contribution >= 4 is 67.1 Å². The van der Waals surface area contributed by atoms with Gasteiger partial charge in [-0.15, -0.1) is 0 Å². The molecular formula is C34H28BNO3. The van der Waals surface area contributed by atoms with E-state index >= 15 is 0 Å². The van der Waals surface area contributed by atoms with Crippen LogP contribution in [-0.4, -0.2) is 22.9 Å². The van der Waals surface area contributed by atoms with Crippen LogP contribution < -0.4 is 5.46 Å². The van der Waals surface area contributed by atoms with Crippen LogP contribution in [0.15, 0.2) is 101 Å². The van der Waals surface area contributed by atoms with E-state index in [0.717, 1.165) is 38.6 Å². The molecule has 4 nitrogen and oxygen atoms in total. The largest absolute Gasteiger partial charge is 0.498 e. The first-order valence-corrected chi connectivity index (χ1v) is 13.5. The lowest BCUT2D eigenvalue weighted by Crippen LogP contribution is -2.41. The molecule has 0 saturated carbocycles. The molecule has 0 atom stereocenters. The summed E-state index contributed by atoms with van der Waals surface area (Å²) in [4.78, 5) is 0. The van der Waals surface area contributed by atoms with Gasteiger partial charge in [0, 0.05) is 21.6 Å². The molecule has 0 bridgehead atoms. The van der Waals surface area contributed by atoms with Crippen LogP contribution in [0.1, 0.15) is 27.7 Å². The Morgan fingerprint density at radius 2 is 1.26 bits per heavy atom. The summed E-state index contributed by atoms with van der Waals surface area (Å²) in [6.07, 6.45) is 0. The van der Waals surface area contributed by atoms with Gasteiger partial charge in [-0.3, -0.25) is 0 Å². The fraction of sp³-hybridized carbons (Fsp3) is 0.176. The van der Waals surface area contributed by atoms with Crippen molar-refractivity contribution in [1.29, 1.82) is 0 Å². The molecule has 2 aromatic heterocycles. The molecule has 0 aliphatic carbocycles. The van der Waals surface area contributed by atoms with Gasteiger partial charge in [0.25, 0.3) is 0 Å². The molecule has 1 fully saturated rings. The molecule has 0 radical (unpaired) electrons. The molecule has 1 aliphatic rings. The van der Waals surface area contributed by atoms with Gasteiger partial charge in [-0.2, -0.15) is 0 Å². The highest BCUT2D eigenvalue weighted by Crippen LogP contribution is 2.41. The third-order valence-electron chi connectivity index (χ3n) is 8.82. The number of hydrogen-bond donors (Lipinski definition) is 0. The molecule has 5 heteroatoms. The van der Waals surface area contributed by atoms with Crippen LogP contribution in [0.5, 0.6) is 0 Å². The Hall–Kier alpha value is -4.06. The summed E-state index contributed by atoms with van der Waals surface area (Å²) in [5.41, 5.74) is 5.10. The molecule has 1 saturated heterocycles. The zero-order valence-electron chi connectivity index (χ0n) is 22.5. The Morgan fingerprint density at radius 3 is 2.03 bits per heavy atom. The first-order valence-electron chi connectivity index (χ1n) is 13.5. The lowest BCUT2D eigenvalue weighted by atomic mass is 9.78. The summed E-state index contributed by atoms with van der Waals surface area (Å²) >= 11 is 0. The highest BCUT2D eigenvalue weighted by atomic mass is 16.7. The average Bonchev–Trinajstić information content (AvgIpc) is 3.53. The Morgan fingerprint density at radius 1 is 0.615 bits per heavy atom. The highest BCUT2D eigenvalue weighted by molar-refractivity contribution is 6.65. The topological polar surface area (TPSA) is 36.5 Å². The summed E-state index contributed by atoms with van der Waals surface area (Å²) in [6, 6.07) is 34.4. The minimum atomic E-state index is -0.519. The predicted molar refractivity (Wildman–Crippen MR) is 161 cm³/mol. The van der Waals surface area contributed by atoms with E-state index in [1.807, 2.05) is 12.1 Å². The number of aromatic nitrogens is 1. The average molecular weight is 509 g/mol. The third kappa shape index (κ3) is 3.15. The molecule has 190 valence electrons. The molecule has 39 heavy (non-hydrogen) atoms. The molecule has 0 unspecified atom stereocenters. The van der Waals surface area contributed by atoms with Crippen molar-refractivity contribution in [2.75, 3.05) is 0 Å². The van der Waals surface area contributed by atoms with Crippen LogP contribution in [0.25, 0.3) is 60.2 Å². The van der Waals surface area contributed by atoms with Crippen LogP contribution in [-0.2, 0) is 9.31 Å². The van der Waals surface area contributed by atoms with Gasteiger partial charge < -0.3 is 18.3 Å². The monoisotopic (exact) mass is 509 g/mol. The fourth-order valence-electron chi connectivity index (χ4n) is 6.09. The maximum atomic E-state index is 6.59. The SMILES string of the molecule is CC1(C)OB(c2ccc(-n3c4ccccc4c4cc5ccccc5cc43)c3c2oc2ccccc23)OC1(C)C. The van der Waals surface area contributed by atoms with Gasteiger partial charge in [0.15, 0.2) is 0 Å². The molecule has 3 heterocycles. The van der Waals surface area contributed by atoms with Crippen molar-refractivity contribution < 1.29 is 13.7 Å². The van der Waals surface area contributed by atoms with Gasteiger partial charge in [-0.25, -0.2) is 0 Å². The van der Waals surface area contributed by atoms with Crippen molar-refractivity contribution in [3.05, 3.63) is 97.1 Å². The smallest absolute Gasteiger partial charge is 0.456 e. The van der Waals surface area contributed by atoms with Gasteiger partial charge in [0.05, 0.1) is 33.3 Å². The van der Waals surface area contributed by atoms with E-state index in [9.17, 15) is 0 Å². The predicted octanol–water partition coefficient (Wildman–Crippen LogP) is 8.14. The van der Waals surface area contributed by atoms with E-state index in [4.69, 9.17) is 13.7 Å². The quantitative estimate of drug-likeness (QED) is 0.221. The number of hydrogen-bond acceptors (Lipinski definition) is 3. The van der Waals surface area contributed by atoms with Gasteiger partial charge in [-0.05, 0) is 68.8 Å². The number of rotatable bonds is 2. The Kier molecular flexibility index (Phi) is 4.55. The molecule has 7 aromatic rings. The van der Waals surface area contributed by atoms with Gasteiger partial charge in [0.1, 0.15) is 11.2 Å². The Bertz CT molecular complexity index is 2080. The van der Waals surface area contributed by atoms with Crippen LogP contribution in [0, 0.1) is 0 Å². The molecule has 0 spiro atoms. The van der Waals surface area contributed by atoms with E-state index in [0.29, 0.717) is 0 Å². The van der Waals surface area contributed by atoms with Gasteiger partial charge in [0.2, 0.25) is 0 Å². The van der Waals surface area contributed by atoms with E-state index in [1.165, 1.54) is 27.1 Å². The second kappa shape index (κ2) is 7.75. The highest BCUT2D eigenvalue weighted by Gasteiger charge is 2.52. The fourth-order valence-corrected chi connectivity index (χ4v) is 6.09. The standard InChI is InChI=1S/C34H28BNO3/c1-33(2)34(3,4)39-35(38-33)26-17-18-28(31-24-14-8-10-16-30(24)37-32(26)31)36-27-15-9-7-13-23(27)25-19-21-11-5-6-12-22(21)20-29(25)36/h5-20H,1-4H3. The first kappa shape index (κ1) is 22.9. The number of furan rings is 1. The summed E-state index contributed by atoms with van der Waals surface area (Å²) in [7, 11) is -0.519. The zero-order chi connectivity index (χ0) is 26.5. The van der Waals surface area contributed by atoms with E-state index < -0.39 is 18.3 Å². The van der Waals surface area contributed by atoms with Crippen molar-refractivity contribution in [1.82, 2.24) is 4.57 Å². The summed E-state index contributed by atoms with van der Waals surface area (Å²) < 4.78 is 21.9. The molecule has 1 aliphatic heterocycles. The summed E-state index contributed by atoms with van der Waals surface area (Å²) in [6.45, 7) is 8.33.